The van der Waals surface area contributed by atoms with Gasteiger partial charge < -0.3 is 15.0 Å². The number of rotatable bonds is 7. The highest BCUT2D eigenvalue weighted by atomic mass is 16.5. The van der Waals surface area contributed by atoms with Gasteiger partial charge >= 0.3 is 5.97 Å². The van der Waals surface area contributed by atoms with E-state index in [4.69, 9.17) is 4.74 Å². The Hall–Kier alpha value is -1.95. The molecule has 6 nitrogen and oxygen atoms in total. The molecule has 0 amide bonds. The van der Waals surface area contributed by atoms with Crippen LogP contribution in [0.25, 0.3) is 6.08 Å². The Morgan fingerprint density at radius 2 is 2.12 bits per heavy atom. The fourth-order valence-corrected chi connectivity index (χ4v) is 3.95. The first-order valence-electron chi connectivity index (χ1n) is 9.88. The van der Waals surface area contributed by atoms with Crippen LogP contribution in [0.3, 0.4) is 0 Å². The molecule has 1 aromatic rings. The van der Waals surface area contributed by atoms with Gasteiger partial charge in [-0.3, -0.25) is 4.98 Å². The summed E-state index contributed by atoms with van der Waals surface area (Å²) in [5, 5.41) is 3.52. The molecular weight excluding hydrogens is 328 g/mol. The Morgan fingerprint density at radius 3 is 2.85 bits per heavy atom. The maximum Gasteiger partial charge on any atom is 0.330 e. The summed E-state index contributed by atoms with van der Waals surface area (Å²) in [6, 6.07) is 0.431. The second-order valence-corrected chi connectivity index (χ2v) is 7.31. The first kappa shape index (κ1) is 18.8. The molecule has 2 fully saturated rings. The number of ether oxygens (including phenoxy) is 1. The van der Waals surface area contributed by atoms with Crippen molar-refractivity contribution in [1.82, 2.24) is 14.9 Å². The number of carbonyl (C=O) groups is 1. The van der Waals surface area contributed by atoms with Crippen LogP contribution < -0.4 is 5.32 Å². The lowest BCUT2D eigenvalue weighted by Crippen LogP contribution is -2.43. The van der Waals surface area contributed by atoms with Gasteiger partial charge in [0.2, 0.25) is 0 Å². The predicted octanol–water partition coefficient (Wildman–Crippen LogP) is 3.12. The smallest absolute Gasteiger partial charge is 0.330 e. The van der Waals surface area contributed by atoms with E-state index in [1.54, 1.807) is 25.4 Å². The third-order valence-electron chi connectivity index (χ3n) is 5.20. The molecule has 0 unspecified atom stereocenters. The second kappa shape index (κ2) is 9.67. The highest BCUT2D eigenvalue weighted by Gasteiger charge is 2.24. The summed E-state index contributed by atoms with van der Waals surface area (Å²) in [4.78, 5) is 22.7. The summed E-state index contributed by atoms with van der Waals surface area (Å²) >= 11 is 0. The zero-order chi connectivity index (χ0) is 18.2. The summed E-state index contributed by atoms with van der Waals surface area (Å²) in [6.07, 6.45) is 14.5. The van der Waals surface area contributed by atoms with Crippen molar-refractivity contribution in [2.45, 2.75) is 51.5 Å². The van der Waals surface area contributed by atoms with Gasteiger partial charge in [0.05, 0.1) is 24.7 Å². The molecule has 1 atom stereocenters. The lowest BCUT2D eigenvalue weighted by molar-refractivity contribution is -0.137. The van der Waals surface area contributed by atoms with Crippen LogP contribution in [-0.4, -0.2) is 53.1 Å². The SMILES string of the molecule is CCOC(=O)C=Cc1cnc(N[C@@H]2CCCN(CC3CCCC3)C2)cn1. The third-order valence-corrected chi connectivity index (χ3v) is 5.20. The fourth-order valence-electron chi connectivity index (χ4n) is 3.95. The highest BCUT2D eigenvalue weighted by Crippen LogP contribution is 2.26. The number of nitrogens with one attached hydrogen (secondary N) is 1. The Kier molecular flexibility index (Phi) is 7.00. The third kappa shape index (κ3) is 5.80. The summed E-state index contributed by atoms with van der Waals surface area (Å²) in [5.74, 6) is 1.34. The average molecular weight is 358 g/mol. The molecule has 0 radical (unpaired) electrons. The molecule has 0 spiro atoms. The van der Waals surface area contributed by atoms with Crippen molar-refractivity contribution in [2.75, 3.05) is 31.6 Å². The Morgan fingerprint density at radius 1 is 1.27 bits per heavy atom. The Balaban J connectivity index is 1.47. The van der Waals surface area contributed by atoms with Crippen LogP contribution in [0.5, 0.6) is 0 Å². The number of anilines is 1. The normalized spacial score (nSPS) is 22.0. The predicted molar refractivity (Wildman–Crippen MR) is 103 cm³/mol. The van der Waals surface area contributed by atoms with Crippen molar-refractivity contribution < 1.29 is 9.53 Å². The fraction of sp³-hybridized carbons (Fsp3) is 0.650. The zero-order valence-electron chi connectivity index (χ0n) is 15.7. The zero-order valence-corrected chi connectivity index (χ0v) is 15.7. The van der Waals surface area contributed by atoms with Crippen LogP contribution in [0.4, 0.5) is 5.82 Å². The van der Waals surface area contributed by atoms with Crippen molar-refractivity contribution in [2.24, 2.45) is 5.92 Å². The second-order valence-electron chi connectivity index (χ2n) is 7.31. The minimum absolute atomic E-state index is 0.360. The van der Waals surface area contributed by atoms with E-state index in [0.717, 1.165) is 18.3 Å². The minimum Gasteiger partial charge on any atom is -0.463 e. The Labute approximate surface area is 156 Å². The van der Waals surface area contributed by atoms with Crippen LogP contribution >= 0.6 is 0 Å². The highest BCUT2D eigenvalue weighted by molar-refractivity contribution is 5.86. The molecule has 2 heterocycles. The monoisotopic (exact) mass is 358 g/mol. The lowest BCUT2D eigenvalue weighted by atomic mass is 10.0. The van der Waals surface area contributed by atoms with Gasteiger partial charge in [0, 0.05) is 25.2 Å². The lowest BCUT2D eigenvalue weighted by Gasteiger charge is -2.34. The molecule has 1 N–H and O–H groups in total. The van der Waals surface area contributed by atoms with E-state index < -0.39 is 0 Å². The summed E-state index contributed by atoms with van der Waals surface area (Å²) in [7, 11) is 0. The molecule has 0 bridgehead atoms. The van der Waals surface area contributed by atoms with Crippen molar-refractivity contribution >= 4 is 17.9 Å². The van der Waals surface area contributed by atoms with E-state index in [2.05, 4.69) is 20.2 Å². The molecule has 1 saturated carbocycles. The van der Waals surface area contributed by atoms with Gasteiger partial charge in [-0.2, -0.15) is 0 Å². The first-order valence-corrected chi connectivity index (χ1v) is 9.88. The Bertz CT molecular complexity index is 596. The van der Waals surface area contributed by atoms with Crippen LogP contribution in [0.2, 0.25) is 0 Å². The molecule has 6 heteroatoms. The molecule has 26 heavy (non-hydrogen) atoms. The molecule has 1 aliphatic carbocycles. The maximum atomic E-state index is 11.3. The van der Waals surface area contributed by atoms with E-state index in [0.29, 0.717) is 18.3 Å². The van der Waals surface area contributed by atoms with Crippen LogP contribution in [0.15, 0.2) is 18.5 Å². The van der Waals surface area contributed by atoms with E-state index in [1.807, 2.05) is 0 Å². The number of esters is 1. The number of piperidine rings is 1. The van der Waals surface area contributed by atoms with Crippen molar-refractivity contribution in [3.63, 3.8) is 0 Å². The summed E-state index contributed by atoms with van der Waals surface area (Å²) < 4.78 is 4.85. The maximum absolute atomic E-state index is 11.3. The van der Waals surface area contributed by atoms with Crippen molar-refractivity contribution in [3.05, 3.63) is 24.2 Å². The van der Waals surface area contributed by atoms with Gasteiger partial charge in [-0.25, -0.2) is 9.78 Å². The summed E-state index contributed by atoms with van der Waals surface area (Å²) in [5.41, 5.74) is 0.648. The minimum atomic E-state index is -0.360. The van der Waals surface area contributed by atoms with Crippen molar-refractivity contribution in [3.8, 4) is 0 Å². The largest absolute Gasteiger partial charge is 0.463 e. The van der Waals surface area contributed by atoms with Gasteiger partial charge in [-0.1, -0.05) is 12.8 Å². The molecule has 2 aliphatic rings. The van der Waals surface area contributed by atoms with Crippen LogP contribution in [0, 0.1) is 5.92 Å². The molecule has 1 aromatic heterocycles. The number of nitrogens with zero attached hydrogens (tertiary/aromatic N) is 3. The number of carbonyl (C=O) groups excluding carboxylic acids is 1. The van der Waals surface area contributed by atoms with Gasteiger partial charge in [-0.05, 0) is 51.1 Å². The molecule has 1 saturated heterocycles. The molecule has 0 aromatic carbocycles. The van der Waals surface area contributed by atoms with E-state index in [-0.39, 0.29) is 5.97 Å². The van der Waals surface area contributed by atoms with Crippen LogP contribution in [0.1, 0.15) is 51.1 Å². The van der Waals surface area contributed by atoms with E-state index >= 15 is 0 Å². The van der Waals surface area contributed by atoms with Crippen LogP contribution in [-0.2, 0) is 9.53 Å². The van der Waals surface area contributed by atoms with E-state index in [1.165, 1.54) is 57.7 Å². The number of hydrogen-bond donors (Lipinski definition) is 1. The number of hydrogen-bond acceptors (Lipinski definition) is 6. The average Bonchev–Trinajstić information content (AvgIpc) is 3.15. The molecule has 142 valence electrons. The number of aromatic nitrogens is 2. The van der Waals surface area contributed by atoms with Gasteiger partial charge in [0.1, 0.15) is 5.82 Å². The first-order chi connectivity index (χ1) is 12.7. The van der Waals surface area contributed by atoms with E-state index in [9.17, 15) is 4.79 Å². The molecular formula is C20H30N4O2. The topological polar surface area (TPSA) is 67.3 Å². The van der Waals surface area contributed by atoms with Gasteiger partial charge in [0.25, 0.3) is 0 Å². The quantitative estimate of drug-likeness (QED) is 0.597. The molecule has 3 rings (SSSR count). The standard InChI is InChI=1S/C20H30N4O2/c1-2-26-20(25)10-9-17-12-22-19(13-21-17)23-18-8-5-11-24(15-18)14-16-6-3-4-7-16/h9-10,12-13,16,18H,2-8,11,14-15H2,1H3,(H,22,23)/t18-/m1/s1. The number of likely N-dealkylation sites (tertiary alicyclic amines) is 1. The summed E-state index contributed by atoms with van der Waals surface area (Å²) in [6.45, 7) is 5.71. The molecule has 1 aliphatic heterocycles. The van der Waals surface area contributed by atoms with Gasteiger partial charge in [-0.15, -0.1) is 0 Å². The van der Waals surface area contributed by atoms with Crippen molar-refractivity contribution in [1.29, 1.82) is 0 Å². The van der Waals surface area contributed by atoms with Gasteiger partial charge in [0.15, 0.2) is 0 Å².